The molecule has 3 aromatic rings. The number of hydrogen-bond acceptors (Lipinski definition) is 4. The molecule has 28 heavy (non-hydrogen) atoms. The van der Waals surface area contributed by atoms with Crippen molar-refractivity contribution in [3.05, 3.63) is 53.8 Å². The van der Waals surface area contributed by atoms with Crippen LogP contribution in [0.25, 0.3) is 11.3 Å². The second kappa shape index (κ2) is 6.53. The molecule has 0 unspecified atom stereocenters. The topological polar surface area (TPSA) is 66.3 Å². The summed E-state index contributed by atoms with van der Waals surface area (Å²) in [6, 6.07) is 11.5. The molecule has 2 aliphatic heterocycles. The van der Waals surface area contributed by atoms with Crippen LogP contribution < -0.4 is 15.1 Å². The van der Waals surface area contributed by atoms with Crippen molar-refractivity contribution in [1.82, 2.24) is 14.8 Å². The van der Waals surface area contributed by atoms with Gasteiger partial charge in [-0.1, -0.05) is 23.7 Å². The van der Waals surface area contributed by atoms with E-state index in [1.165, 1.54) is 0 Å². The number of nitrogens with one attached hydrogen (secondary N) is 1. The molecule has 1 fully saturated rings. The average Bonchev–Trinajstić information content (AvgIpc) is 3.28. The second-order valence-corrected chi connectivity index (χ2v) is 7.58. The molecule has 1 aromatic carbocycles. The number of nitrogens with zero attached hydrogens (tertiary/aromatic N) is 5. The Morgan fingerprint density at radius 1 is 1.29 bits per heavy atom. The predicted molar refractivity (Wildman–Crippen MR) is 110 cm³/mol. The minimum atomic E-state index is -0.184. The van der Waals surface area contributed by atoms with Crippen molar-refractivity contribution < 1.29 is 4.79 Å². The fourth-order valence-electron chi connectivity index (χ4n) is 3.95. The van der Waals surface area contributed by atoms with Crippen LogP contribution in [0.2, 0.25) is 5.02 Å². The zero-order valence-corrected chi connectivity index (χ0v) is 16.1. The Bertz CT molecular complexity index is 1060. The minimum absolute atomic E-state index is 0.103. The molecule has 2 bridgehead atoms. The largest absolute Gasteiger partial charge is 0.366 e. The molecule has 1 saturated heterocycles. The number of benzene rings is 1. The van der Waals surface area contributed by atoms with Crippen LogP contribution in [0.3, 0.4) is 0 Å². The van der Waals surface area contributed by atoms with E-state index in [0.29, 0.717) is 16.5 Å². The standard InChI is InChI=1S/C20H19ClN6O/c1-25-11-15(10-22-25)23-20(28)27-16-7-8-26(12-16)18-6-5-17(24-19(18)27)13-3-2-4-14(21)9-13/h2-6,9-11,16H,7-8,12H2,1H3,(H,23,28)/t16-/m0/s1. The lowest BCUT2D eigenvalue weighted by Crippen LogP contribution is -2.48. The molecule has 2 aromatic heterocycles. The number of amides is 2. The summed E-state index contributed by atoms with van der Waals surface area (Å²) in [5.41, 5.74) is 3.38. The number of rotatable bonds is 2. The molecule has 0 spiro atoms. The smallest absolute Gasteiger partial charge is 0.327 e. The van der Waals surface area contributed by atoms with Gasteiger partial charge in [-0.25, -0.2) is 9.78 Å². The lowest BCUT2D eigenvalue weighted by Gasteiger charge is -2.35. The number of carbonyl (C=O) groups is 1. The van der Waals surface area contributed by atoms with Crippen molar-refractivity contribution in [2.24, 2.45) is 7.05 Å². The van der Waals surface area contributed by atoms with Gasteiger partial charge in [0.1, 0.15) is 0 Å². The van der Waals surface area contributed by atoms with Crippen molar-refractivity contribution in [1.29, 1.82) is 0 Å². The fourth-order valence-corrected chi connectivity index (χ4v) is 4.14. The van der Waals surface area contributed by atoms with Gasteiger partial charge in [0, 0.05) is 36.9 Å². The SMILES string of the molecule is Cn1cc(NC(=O)N2c3nc(-c4cccc(Cl)c4)ccc3N3CC[C@H]2C3)cn1. The molecule has 2 aliphatic rings. The normalized spacial score (nSPS) is 17.6. The number of urea groups is 1. The van der Waals surface area contributed by atoms with Crippen LogP contribution >= 0.6 is 11.6 Å². The number of pyridine rings is 1. The van der Waals surface area contributed by atoms with Gasteiger partial charge in [0.15, 0.2) is 5.82 Å². The summed E-state index contributed by atoms with van der Waals surface area (Å²) >= 11 is 6.15. The highest BCUT2D eigenvalue weighted by atomic mass is 35.5. The van der Waals surface area contributed by atoms with Gasteiger partial charge < -0.3 is 10.2 Å². The average molecular weight is 395 g/mol. The molecule has 0 radical (unpaired) electrons. The second-order valence-electron chi connectivity index (χ2n) is 7.14. The summed E-state index contributed by atoms with van der Waals surface area (Å²) in [5.74, 6) is 0.688. The Balaban J connectivity index is 1.54. The van der Waals surface area contributed by atoms with E-state index in [0.717, 1.165) is 36.5 Å². The van der Waals surface area contributed by atoms with Crippen molar-refractivity contribution >= 4 is 34.8 Å². The van der Waals surface area contributed by atoms with Crippen LogP contribution in [0.15, 0.2) is 48.8 Å². The van der Waals surface area contributed by atoms with E-state index in [-0.39, 0.29) is 12.1 Å². The maximum absolute atomic E-state index is 13.1. The first kappa shape index (κ1) is 17.1. The van der Waals surface area contributed by atoms with Gasteiger partial charge in [0.25, 0.3) is 0 Å². The lowest BCUT2D eigenvalue weighted by atomic mass is 10.1. The first-order chi connectivity index (χ1) is 13.6. The molecule has 5 rings (SSSR count). The van der Waals surface area contributed by atoms with E-state index in [4.69, 9.17) is 16.6 Å². The molecule has 1 atom stereocenters. The molecule has 0 aliphatic carbocycles. The van der Waals surface area contributed by atoms with Crippen LogP contribution in [0.1, 0.15) is 6.42 Å². The third-order valence-corrected chi connectivity index (χ3v) is 5.48. The van der Waals surface area contributed by atoms with Crippen molar-refractivity contribution in [2.45, 2.75) is 12.5 Å². The highest BCUT2D eigenvalue weighted by Gasteiger charge is 2.40. The maximum atomic E-state index is 13.1. The Hall–Kier alpha value is -3.06. The van der Waals surface area contributed by atoms with E-state index < -0.39 is 0 Å². The Morgan fingerprint density at radius 2 is 2.18 bits per heavy atom. The number of halogens is 1. The van der Waals surface area contributed by atoms with Crippen molar-refractivity contribution in [3.63, 3.8) is 0 Å². The number of aryl methyl sites for hydroxylation is 1. The maximum Gasteiger partial charge on any atom is 0.327 e. The molecule has 8 heteroatoms. The van der Waals surface area contributed by atoms with Crippen molar-refractivity contribution in [3.8, 4) is 11.3 Å². The van der Waals surface area contributed by atoms with E-state index >= 15 is 0 Å². The number of hydrogen-bond donors (Lipinski definition) is 1. The number of fused-ring (bicyclic) bond motifs is 4. The van der Waals surface area contributed by atoms with Gasteiger partial charge in [-0.2, -0.15) is 5.10 Å². The number of anilines is 3. The molecule has 1 N–H and O–H groups in total. The van der Waals surface area contributed by atoms with Crippen LogP contribution in [-0.2, 0) is 7.05 Å². The molecule has 7 nitrogen and oxygen atoms in total. The van der Waals surface area contributed by atoms with Gasteiger partial charge in [-0.3, -0.25) is 9.58 Å². The monoisotopic (exact) mass is 394 g/mol. The molecule has 142 valence electrons. The first-order valence-electron chi connectivity index (χ1n) is 9.19. The molecule has 0 saturated carbocycles. The van der Waals surface area contributed by atoms with E-state index in [1.807, 2.05) is 43.4 Å². The van der Waals surface area contributed by atoms with Gasteiger partial charge in [0.2, 0.25) is 0 Å². The molecule has 4 heterocycles. The zero-order valence-electron chi connectivity index (χ0n) is 15.3. The van der Waals surface area contributed by atoms with Crippen LogP contribution in [0.4, 0.5) is 22.0 Å². The van der Waals surface area contributed by atoms with E-state index in [2.05, 4.69) is 15.3 Å². The summed E-state index contributed by atoms with van der Waals surface area (Å²) in [4.78, 5) is 22.1. The van der Waals surface area contributed by atoms with Gasteiger partial charge in [-0.15, -0.1) is 0 Å². The van der Waals surface area contributed by atoms with E-state index in [1.54, 1.807) is 22.0 Å². The summed E-state index contributed by atoms with van der Waals surface area (Å²) in [7, 11) is 1.82. The summed E-state index contributed by atoms with van der Waals surface area (Å²) in [6.07, 6.45) is 4.34. The minimum Gasteiger partial charge on any atom is -0.366 e. The molecular formula is C20H19ClN6O. The predicted octanol–water partition coefficient (Wildman–Crippen LogP) is 3.77. The van der Waals surface area contributed by atoms with Gasteiger partial charge in [0.05, 0.1) is 29.3 Å². The molecular weight excluding hydrogens is 376 g/mol. The third-order valence-electron chi connectivity index (χ3n) is 5.25. The lowest BCUT2D eigenvalue weighted by molar-refractivity contribution is 0.255. The van der Waals surface area contributed by atoms with Crippen LogP contribution in [-0.4, -0.2) is 39.9 Å². The molecule has 2 amide bonds. The van der Waals surface area contributed by atoms with E-state index in [9.17, 15) is 4.79 Å². The van der Waals surface area contributed by atoms with Crippen molar-refractivity contribution in [2.75, 3.05) is 28.2 Å². The Morgan fingerprint density at radius 3 is 2.96 bits per heavy atom. The quantitative estimate of drug-likeness (QED) is 0.718. The first-order valence-corrected chi connectivity index (χ1v) is 9.57. The number of carbonyl (C=O) groups excluding carboxylic acids is 1. The third kappa shape index (κ3) is 2.88. The van der Waals surface area contributed by atoms with Crippen LogP contribution in [0, 0.1) is 0 Å². The van der Waals surface area contributed by atoms with Crippen LogP contribution in [0.5, 0.6) is 0 Å². The summed E-state index contributed by atoms with van der Waals surface area (Å²) in [6.45, 7) is 1.75. The fraction of sp³-hybridized carbons (Fsp3) is 0.250. The highest BCUT2D eigenvalue weighted by Crippen LogP contribution is 2.40. The van der Waals surface area contributed by atoms with Gasteiger partial charge in [-0.05, 0) is 30.7 Å². The Labute approximate surface area is 167 Å². The van der Waals surface area contributed by atoms with Gasteiger partial charge >= 0.3 is 6.03 Å². The summed E-state index contributed by atoms with van der Waals surface area (Å²) < 4.78 is 1.66. The Kier molecular flexibility index (Phi) is 3.98. The highest BCUT2D eigenvalue weighted by molar-refractivity contribution is 6.30. The zero-order chi connectivity index (χ0) is 19.3. The number of aromatic nitrogens is 3. The summed E-state index contributed by atoms with van der Waals surface area (Å²) in [5, 5.41) is 7.72.